The average molecular weight is 241 g/mol. The van der Waals surface area contributed by atoms with Crippen LogP contribution in [0.2, 0.25) is 0 Å². The van der Waals surface area contributed by atoms with Gasteiger partial charge in [0, 0.05) is 0 Å². The molecule has 1 atom stereocenters. The van der Waals surface area contributed by atoms with Crippen molar-refractivity contribution in [1.29, 1.82) is 0 Å². The Morgan fingerprint density at radius 3 is 2.71 bits per heavy atom. The Morgan fingerprint density at radius 2 is 2.06 bits per heavy atom. The van der Waals surface area contributed by atoms with Gasteiger partial charge in [0.15, 0.2) is 0 Å². The lowest BCUT2D eigenvalue weighted by Gasteiger charge is -2.21. The number of hydrogen-bond donors (Lipinski definition) is 0. The van der Waals surface area contributed by atoms with E-state index in [1.54, 1.807) is 0 Å². The zero-order valence-corrected chi connectivity index (χ0v) is 8.92. The smallest absolute Gasteiger partial charge is 0.211 e. The molecule has 0 N–H and O–H groups in total. The number of aliphatic imine (C=N–C) groups is 1. The van der Waals surface area contributed by atoms with Gasteiger partial charge in [-0.15, -0.1) is 0 Å². The predicted molar refractivity (Wildman–Crippen MR) is 55.4 cm³/mol. The standard InChI is InChI=1S/C12H10F3NO/c13-12(14,15)10-3-1-9-6-11(16-7-17)4-2-8(9)5-10/h1,3,5,11H,2,4,6H2. The lowest BCUT2D eigenvalue weighted by molar-refractivity contribution is -0.137. The molecule has 1 aromatic carbocycles. The fourth-order valence-electron chi connectivity index (χ4n) is 2.10. The molecule has 0 radical (unpaired) electrons. The summed E-state index contributed by atoms with van der Waals surface area (Å²) in [5.41, 5.74) is 0.930. The van der Waals surface area contributed by atoms with Crippen molar-refractivity contribution in [3.63, 3.8) is 0 Å². The fourth-order valence-corrected chi connectivity index (χ4v) is 2.10. The molecule has 0 bridgehead atoms. The quantitative estimate of drug-likeness (QED) is 0.549. The molecule has 0 heterocycles. The first-order chi connectivity index (χ1) is 8.00. The summed E-state index contributed by atoms with van der Waals surface area (Å²) in [6.45, 7) is 0. The Kier molecular flexibility index (Phi) is 3.03. The van der Waals surface area contributed by atoms with Crippen molar-refractivity contribution < 1.29 is 18.0 Å². The van der Waals surface area contributed by atoms with Crippen molar-refractivity contribution in [1.82, 2.24) is 0 Å². The van der Waals surface area contributed by atoms with Crippen molar-refractivity contribution in [3.05, 3.63) is 34.9 Å². The highest BCUT2D eigenvalue weighted by atomic mass is 19.4. The zero-order chi connectivity index (χ0) is 12.5. The van der Waals surface area contributed by atoms with Gasteiger partial charge in [-0.05, 0) is 42.5 Å². The maximum absolute atomic E-state index is 12.5. The molecule has 0 aromatic heterocycles. The second kappa shape index (κ2) is 4.34. The largest absolute Gasteiger partial charge is 0.416 e. The monoisotopic (exact) mass is 241 g/mol. The van der Waals surface area contributed by atoms with Crippen LogP contribution in [0, 0.1) is 0 Å². The molecule has 0 fully saturated rings. The first kappa shape index (κ1) is 11.9. The lowest BCUT2D eigenvalue weighted by atomic mass is 9.87. The van der Waals surface area contributed by atoms with E-state index >= 15 is 0 Å². The number of carbonyl (C=O) groups excluding carboxylic acids is 1. The maximum Gasteiger partial charge on any atom is 0.416 e. The van der Waals surface area contributed by atoms with Gasteiger partial charge in [-0.1, -0.05) is 6.07 Å². The summed E-state index contributed by atoms with van der Waals surface area (Å²) < 4.78 is 37.5. The summed E-state index contributed by atoms with van der Waals surface area (Å²) in [6.07, 6.45) is -1.16. The molecule has 2 rings (SSSR count). The van der Waals surface area contributed by atoms with Crippen molar-refractivity contribution in [3.8, 4) is 0 Å². The summed E-state index contributed by atoms with van der Waals surface area (Å²) in [4.78, 5) is 13.8. The van der Waals surface area contributed by atoms with Crippen LogP contribution in [0.4, 0.5) is 13.2 Å². The number of rotatable bonds is 1. The van der Waals surface area contributed by atoms with Crippen LogP contribution in [0.5, 0.6) is 0 Å². The third-order valence-electron chi connectivity index (χ3n) is 2.97. The molecular weight excluding hydrogens is 231 g/mol. The van der Waals surface area contributed by atoms with Gasteiger partial charge in [-0.25, -0.2) is 9.79 Å². The first-order valence-electron chi connectivity index (χ1n) is 5.26. The van der Waals surface area contributed by atoms with E-state index in [-0.39, 0.29) is 6.04 Å². The van der Waals surface area contributed by atoms with E-state index in [0.29, 0.717) is 24.8 Å². The number of isocyanates is 1. The van der Waals surface area contributed by atoms with Crippen LogP contribution in [0.1, 0.15) is 23.1 Å². The van der Waals surface area contributed by atoms with Gasteiger partial charge >= 0.3 is 6.18 Å². The van der Waals surface area contributed by atoms with Crippen LogP contribution >= 0.6 is 0 Å². The van der Waals surface area contributed by atoms with Crippen molar-refractivity contribution >= 4 is 6.08 Å². The highest BCUT2D eigenvalue weighted by Gasteiger charge is 2.31. The third-order valence-corrected chi connectivity index (χ3v) is 2.97. The molecule has 1 aromatic rings. The molecule has 1 aliphatic rings. The number of aryl methyl sites for hydroxylation is 1. The SMILES string of the molecule is O=C=NC1CCc2cc(C(F)(F)F)ccc2C1. The number of benzene rings is 1. The molecule has 1 unspecified atom stereocenters. The second-order valence-corrected chi connectivity index (χ2v) is 4.10. The Morgan fingerprint density at radius 1 is 1.29 bits per heavy atom. The first-order valence-corrected chi connectivity index (χ1v) is 5.26. The lowest BCUT2D eigenvalue weighted by Crippen LogP contribution is -2.18. The normalized spacial score (nSPS) is 19.4. The molecule has 0 aliphatic heterocycles. The molecule has 90 valence electrons. The summed E-state index contributed by atoms with van der Waals surface area (Å²) in [6, 6.07) is 3.60. The number of halogens is 3. The molecule has 0 saturated heterocycles. The summed E-state index contributed by atoms with van der Waals surface area (Å²) >= 11 is 0. The number of fused-ring (bicyclic) bond motifs is 1. The van der Waals surface area contributed by atoms with E-state index in [4.69, 9.17) is 0 Å². The number of alkyl halides is 3. The van der Waals surface area contributed by atoms with E-state index in [0.717, 1.165) is 11.6 Å². The van der Waals surface area contributed by atoms with Gasteiger partial charge < -0.3 is 0 Å². The average Bonchev–Trinajstić information content (AvgIpc) is 2.27. The number of hydrogen-bond acceptors (Lipinski definition) is 2. The molecule has 1 aliphatic carbocycles. The maximum atomic E-state index is 12.5. The van der Waals surface area contributed by atoms with Crippen LogP contribution in [0.25, 0.3) is 0 Å². The van der Waals surface area contributed by atoms with Crippen molar-refractivity contribution in [2.75, 3.05) is 0 Å². The molecule has 0 saturated carbocycles. The minimum Gasteiger partial charge on any atom is -0.211 e. The molecule has 0 amide bonds. The summed E-state index contributed by atoms with van der Waals surface area (Å²) in [5.74, 6) is 0. The minimum atomic E-state index is -4.30. The summed E-state index contributed by atoms with van der Waals surface area (Å²) in [7, 11) is 0. The predicted octanol–water partition coefficient (Wildman–Crippen LogP) is 2.90. The fraction of sp³-hybridized carbons (Fsp3) is 0.417. The third kappa shape index (κ3) is 2.56. The molecule has 2 nitrogen and oxygen atoms in total. The Bertz CT molecular complexity index is 475. The Hall–Kier alpha value is -1.61. The van der Waals surface area contributed by atoms with E-state index in [2.05, 4.69) is 4.99 Å². The molecule has 17 heavy (non-hydrogen) atoms. The molecule has 5 heteroatoms. The highest BCUT2D eigenvalue weighted by Crippen LogP contribution is 2.32. The minimum absolute atomic E-state index is 0.142. The second-order valence-electron chi connectivity index (χ2n) is 4.10. The van der Waals surface area contributed by atoms with Crippen LogP contribution in [0.15, 0.2) is 23.2 Å². The Labute approximate surface area is 96.2 Å². The van der Waals surface area contributed by atoms with Gasteiger partial charge in [0.1, 0.15) is 0 Å². The van der Waals surface area contributed by atoms with E-state index in [9.17, 15) is 18.0 Å². The van der Waals surface area contributed by atoms with Crippen molar-refractivity contribution in [2.45, 2.75) is 31.5 Å². The number of nitrogens with zero attached hydrogens (tertiary/aromatic N) is 1. The van der Waals surface area contributed by atoms with Crippen LogP contribution in [0.3, 0.4) is 0 Å². The van der Waals surface area contributed by atoms with Gasteiger partial charge in [-0.2, -0.15) is 13.2 Å². The van der Waals surface area contributed by atoms with Crippen LogP contribution < -0.4 is 0 Å². The van der Waals surface area contributed by atoms with Crippen molar-refractivity contribution in [2.24, 2.45) is 4.99 Å². The van der Waals surface area contributed by atoms with Gasteiger partial charge in [0.2, 0.25) is 6.08 Å². The van der Waals surface area contributed by atoms with Gasteiger partial charge in [0.05, 0.1) is 11.6 Å². The van der Waals surface area contributed by atoms with E-state index in [1.165, 1.54) is 18.2 Å². The Balaban J connectivity index is 2.28. The highest BCUT2D eigenvalue weighted by molar-refractivity contribution is 5.38. The zero-order valence-electron chi connectivity index (χ0n) is 8.92. The van der Waals surface area contributed by atoms with Crippen LogP contribution in [-0.4, -0.2) is 12.1 Å². The van der Waals surface area contributed by atoms with Gasteiger partial charge in [0.25, 0.3) is 0 Å². The topological polar surface area (TPSA) is 29.4 Å². The van der Waals surface area contributed by atoms with E-state index < -0.39 is 11.7 Å². The van der Waals surface area contributed by atoms with Gasteiger partial charge in [-0.3, -0.25) is 0 Å². The van der Waals surface area contributed by atoms with E-state index in [1.807, 2.05) is 0 Å². The molecular formula is C12H10F3NO. The molecule has 0 spiro atoms. The summed E-state index contributed by atoms with van der Waals surface area (Å²) in [5, 5.41) is 0. The van der Waals surface area contributed by atoms with Crippen LogP contribution in [-0.2, 0) is 23.8 Å².